The van der Waals surface area contributed by atoms with E-state index in [2.05, 4.69) is 21.9 Å². The molecule has 3 rings (SSSR count). The molecule has 124 valence electrons. The minimum atomic E-state index is 0.373. The van der Waals surface area contributed by atoms with Crippen LogP contribution in [-0.4, -0.2) is 54.8 Å². The van der Waals surface area contributed by atoms with Gasteiger partial charge in [0, 0.05) is 32.7 Å². The highest BCUT2D eigenvalue weighted by atomic mass is 16.5. The van der Waals surface area contributed by atoms with Crippen molar-refractivity contribution in [1.82, 2.24) is 15.0 Å². The van der Waals surface area contributed by atoms with E-state index in [4.69, 9.17) is 15.0 Å². The topological polar surface area (TPSA) is 67.8 Å². The monoisotopic (exact) mass is 316 g/mol. The first-order chi connectivity index (χ1) is 11.2. The zero-order chi connectivity index (χ0) is 16.2. The third kappa shape index (κ3) is 3.48. The zero-order valence-electron chi connectivity index (χ0n) is 13.8. The number of hydrogen-bond acceptors (Lipinski definition) is 6. The van der Waals surface area contributed by atoms with E-state index in [1.165, 1.54) is 0 Å². The van der Waals surface area contributed by atoms with E-state index >= 15 is 0 Å². The molecule has 1 fully saturated rings. The fourth-order valence-electron chi connectivity index (χ4n) is 2.99. The number of anilines is 1. The second-order valence-corrected chi connectivity index (χ2v) is 5.81. The lowest BCUT2D eigenvalue weighted by Gasteiger charge is -2.33. The minimum absolute atomic E-state index is 0.373. The Morgan fingerprint density at radius 1 is 1.13 bits per heavy atom. The second kappa shape index (κ2) is 7.02. The van der Waals surface area contributed by atoms with Gasteiger partial charge < -0.3 is 19.9 Å². The molecule has 0 spiro atoms. The van der Waals surface area contributed by atoms with E-state index in [-0.39, 0.29) is 0 Å². The number of hydrogen-bond donors (Lipinski definition) is 1. The standard InChI is InChI=1S/C17H24N4O2/c1-3-20-8-10-21(11-9-20)12-15-16(17(18)23-19-15)13-4-6-14(22-2)7-5-13/h4-7H,3,8-12,18H2,1-2H3. The number of aromatic nitrogens is 1. The van der Waals surface area contributed by atoms with Crippen molar-refractivity contribution in [2.45, 2.75) is 13.5 Å². The maximum atomic E-state index is 6.01. The summed E-state index contributed by atoms with van der Waals surface area (Å²) < 4.78 is 10.5. The van der Waals surface area contributed by atoms with Crippen LogP contribution in [0.5, 0.6) is 5.75 Å². The minimum Gasteiger partial charge on any atom is -0.497 e. The molecule has 6 nitrogen and oxygen atoms in total. The van der Waals surface area contributed by atoms with Gasteiger partial charge in [-0.3, -0.25) is 4.90 Å². The van der Waals surface area contributed by atoms with Crippen LogP contribution < -0.4 is 10.5 Å². The SMILES string of the molecule is CCN1CCN(Cc2noc(N)c2-c2ccc(OC)cc2)CC1. The number of nitrogens with zero attached hydrogens (tertiary/aromatic N) is 3. The van der Waals surface area contributed by atoms with Crippen molar-refractivity contribution >= 4 is 5.88 Å². The first kappa shape index (κ1) is 15.8. The Morgan fingerprint density at radius 2 is 1.78 bits per heavy atom. The van der Waals surface area contributed by atoms with Crippen molar-refractivity contribution in [2.24, 2.45) is 0 Å². The highest BCUT2D eigenvalue weighted by molar-refractivity contribution is 5.75. The summed E-state index contributed by atoms with van der Waals surface area (Å²) >= 11 is 0. The number of likely N-dealkylation sites (N-methyl/N-ethyl adjacent to an activating group) is 1. The molecule has 0 unspecified atom stereocenters. The predicted molar refractivity (Wildman–Crippen MR) is 90.3 cm³/mol. The number of piperazine rings is 1. The van der Waals surface area contributed by atoms with E-state index in [1.807, 2.05) is 24.3 Å². The van der Waals surface area contributed by atoms with Gasteiger partial charge >= 0.3 is 0 Å². The van der Waals surface area contributed by atoms with Gasteiger partial charge in [0.1, 0.15) is 11.4 Å². The lowest BCUT2D eigenvalue weighted by Crippen LogP contribution is -2.45. The highest BCUT2D eigenvalue weighted by Gasteiger charge is 2.21. The molecule has 2 N–H and O–H groups in total. The Labute approximate surface area is 136 Å². The Morgan fingerprint density at radius 3 is 2.39 bits per heavy atom. The van der Waals surface area contributed by atoms with Gasteiger partial charge in [-0.2, -0.15) is 0 Å². The molecule has 0 bridgehead atoms. The van der Waals surface area contributed by atoms with Crippen molar-refractivity contribution in [3.05, 3.63) is 30.0 Å². The molecule has 0 atom stereocenters. The molecular weight excluding hydrogens is 292 g/mol. The molecular formula is C17H24N4O2. The number of nitrogens with two attached hydrogens (primary N) is 1. The molecule has 1 aliphatic rings. The molecule has 2 heterocycles. The lowest BCUT2D eigenvalue weighted by atomic mass is 10.0. The summed E-state index contributed by atoms with van der Waals surface area (Å²) in [4.78, 5) is 4.86. The Hall–Kier alpha value is -2.05. The van der Waals surface area contributed by atoms with Crippen molar-refractivity contribution < 1.29 is 9.26 Å². The number of rotatable bonds is 5. The highest BCUT2D eigenvalue weighted by Crippen LogP contribution is 2.31. The number of nitrogen functional groups attached to an aromatic ring is 1. The number of methoxy groups -OCH3 is 1. The van der Waals surface area contributed by atoms with Gasteiger partial charge in [-0.25, -0.2) is 0 Å². The average Bonchev–Trinajstić information content (AvgIpc) is 2.96. The molecule has 0 saturated carbocycles. The zero-order valence-corrected chi connectivity index (χ0v) is 13.8. The summed E-state index contributed by atoms with van der Waals surface area (Å²) in [6.45, 7) is 8.37. The Balaban J connectivity index is 1.76. The van der Waals surface area contributed by atoms with Crippen LogP contribution in [0.1, 0.15) is 12.6 Å². The van der Waals surface area contributed by atoms with Crippen LogP contribution >= 0.6 is 0 Å². The lowest BCUT2D eigenvalue weighted by molar-refractivity contribution is 0.130. The van der Waals surface area contributed by atoms with E-state index in [9.17, 15) is 0 Å². The van der Waals surface area contributed by atoms with Crippen LogP contribution in [0.15, 0.2) is 28.8 Å². The molecule has 2 aromatic rings. The molecule has 1 aromatic heterocycles. The first-order valence-electron chi connectivity index (χ1n) is 8.04. The van der Waals surface area contributed by atoms with Gasteiger partial charge in [-0.05, 0) is 24.2 Å². The van der Waals surface area contributed by atoms with Crippen LogP contribution in [0, 0.1) is 0 Å². The van der Waals surface area contributed by atoms with Gasteiger partial charge in [0.2, 0.25) is 5.88 Å². The number of benzene rings is 1. The second-order valence-electron chi connectivity index (χ2n) is 5.81. The summed E-state index contributed by atoms with van der Waals surface area (Å²) in [7, 11) is 1.66. The van der Waals surface area contributed by atoms with Crippen molar-refractivity contribution in [2.75, 3.05) is 45.6 Å². The molecule has 1 saturated heterocycles. The third-order valence-corrected chi connectivity index (χ3v) is 4.45. The smallest absolute Gasteiger partial charge is 0.230 e. The van der Waals surface area contributed by atoms with Crippen molar-refractivity contribution in [3.63, 3.8) is 0 Å². The van der Waals surface area contributed by atoms with Crippen LogP contribution in [-0.2, 0) is 6.54 Å². The maximum absolute atomic E-state index is 6.01. The Bertz CT molecular complexity index is 631. The normalized spacial score (nSPS) is 16.6. The largest absolute Gasteiger partial charge is 0.497 e. The maximum Gasteiger partial charge on any atom is 0.230 e. The van der Waals surface area contributed by atoms with Crippen LogP contribution in [0.25, 0.3) is 11.1 Å². The third-order valence-electron chi connectivity index (χ3n) is 4.45. The summed E-state index contributed by atoms with van der Waals surface area (Å²) in [5.74, 6) is 1.19. The summed E-state index contributed by atoms with van der Waals surface area (Å²) in [6.07, 6.45) is 0. The predicted octanol–water partition coefficient (Wildman–Crippen LogP) is 2.07. The molecule has 0 amide bonds. The average molecular weight is 316 g/mol. The molecule has 6 heteroatoms. The fourth-order valence-corrected chi connectivity index (χ4v) is 2.99. The fraction of sp³-hybridized carbons (Fsp3) is 0.471. The molecule has 0 radical (unpaired) electrons. The molecule has 1 aromatic carbocycles. The van der Waals surface area contributed by atoms with E-state index in [0.29, 0.717) is 5.88 Å². The number of ether oxygens (including phenoxy) is 1. The van der Waals surface area contributed by atoms with Crippen molar-refractivity contribution in [3.8, 4) is 16.9 Å². The van der Waals surface area contributed by atoms with Gasteiger partial charge in [-0.1, -0.05) is 24.2 Å². The first-order valence-corrected chi connectivity index (χ1v) is 8.04. The van der Waals surface area contributed by atoms with Gasteiger partial charge in [0.25, 0.3) is 0 Å². The van der Waals surface area contributed by atoms with Gasteiger partial charge in [0.15, 0.2) is 0 Å². The summed E-state index contributed by atoms with van der Waals surface area (Å²) in [5, 5.41) is 4.18. The molecule has 23 heavy (non-hydrogen) atoms. The van der Waals surface area contributed by atoms with Crippen LogP contribution in [0.3, 0.4) is 0 Å². The Kier molecular flexibility index (Phi) is 4.83. The van der Waals surface area contributed by atoms with E-state index in [0.717, 1.165) is 61.8 Å². The van der Waals surface area contributed by atoms with Gasteiger partial charge in [-0.15, -0.1) is 0 Å². The quantitative estimate of drug-likeness (QED) is 0.911. The van der Waals surface area contributed by atoms with Crippen LogP contribution in [0.4, 0.5) is 5.88 Å². The summed E-state index contributed by atoms with van der Waals surface area (Å²) in [6, 6.07) is 7.82. The molecule has 1 aliphatic heterocycles. The van der Waals surface area contributed by atoms with E-state index < -0.39 is 0 Å². The van der Waals surface area contributed by atoms with Crippen molar-refractivity contribution in [1.29, 1.82) is 0 Å². The van der Waals surface area contributed by atoms with Crippen LogP contribution in [0.2, 0.25) is 0 Å². The van der Waals surface area contributed by atoms with Gasteiger partial charge in [0.05, 0.1) is 12.7 Å². The molecule has 0 aliphatic carbocycles. The van der Waals surface area contributed by atoms with E-state index in [1.54, 1.807) is 7.11 Å². The summed E-state index contributed by atoms with van der Waals surface area (Å²) in [5.41, 5.74) is 8.81.